The Labute approximate surface area is 473 Å². The Balaban J connectivity index is -0.00000112. The summed E-state index contributed by atoms with van der Waals surface area (Å²) >= 11 is 0. The number of aromatic hydroxyl groups is 2. The van der Waals surface area contributed by atoms with Crippen LogP contribution in [-0.2, 0) is 67.7 Å². The number of methoxy groups -OCH3 is 3. The zero-order chi connectivity index (χ0) is 46.0. The number of ether oxygens (including phenoxy) is 3. The summed E-state index contributed by atoms with van der Waals surface area (Å²) in [6.45, 7) is 6.80. The minimum atomic E-state index is -4.92. The zero-order valence-corrected chi connectivity index (χ0v) is 48.1. The molecule has 5 N–H and O–H groups in total. The van der Waals surface area contributed by atoms with Crippen LogP contribution in [-0.4, -0.2) is 114 Å². The van der Waals surface area contributed by atoms with Crippen molar-refractivity contribution >= 4 is 89.8 Å². The molecule has 0 spiro atoms. The Morgan fingerprint density at radius 3 is 1.51 bits per heavy atom. The molecule has 0 aliphatic carbocycles. The summed E-state index contributed by atoms with van der Waals surface area (Å²) < 4.78 is 165. The molecule has 0 aromatic heterocycles. The van der Waals surface area contributed by atoms with E-state index in [1.165, 1.54) is 51.7 Å². The third-order valence-corrected chi connectivity index (χ3v) is 10.5. The van der Waals surface area contributed by atoms with Gasteiger partial charge < -0.3 is 57.2 Å². The molecule has 25 nitrogen and oxygen atoms in total. The van der Waals surface area contributed by atoms with Crippen LogP contribution in [0.15, 0.2) is 72.7 Å². The van der Waals surface area contributed by atoms with Crippen molar-refractivity contribution in [2.75, 3.05) is 44.0 Å². The summed E-state index contributed by atoms with van der Waals surface area (Å²) in [7, 11) is -18.6. The first-order valence-electron chi connectivity index (χ1n) is 15.3. The molecular weight excluding hydrogens is 1070 g/mol. The molecule has 4 rings (SSSR count). The predicted molar refractivity (Wildman–Crippen MR) is 205 cm³/mol. The van der Waals surface area contributed by atoms with Gasteiger partial charge in [0.1, 0.15) is 60.2 Å². The van der Waals surface area contributed by atoms with E-state index in [0.29, 0.717) is 0 Å². The summed E-state index contributed by atoms with van der Waals surface area (Å²) in [5.74, 6) is -3.27. The fourth-order valence-electron chi connectivity index (χ4n) is 4.41. The standard InChI is InChI=1S/C30H30N5O12S3.Cu.4Na.2H2O4S/c1-6-48(38,39)27-14-23(36)21(12-25(27)46-4)33-32-20-11-8-17-18(30(20)37)9-10-19(31-16-50(42,43)44)29(17)35-34-22-13-26(47-5)28(15-24(22)45-3)49(40,41)7-2;;;;;;2*1-5(2,3)4/h8-10,12-15,31,36-37H,1-2,6-7,16H2,3-5H3,(H,42,43,44);;;;;;2*(H2,1,2,3,4)/q-3;;4*+1;;/p-3. The zero-order valence-electron chi connectivity index (χ0n) is 35.0. The number of benzene rings is 4. The third-order valence-electron chi connectivity index (χ3n) is 6.94. The fourth-order valence-corrected chi connectivity index (χ4v) is 6.66. The van der Waals surface area contributed by atoms with Gasteiger partial charge >= 0.3 is 118 Å². The van der Waals surface area contributed by atoms with Crippen LogP contribution in [0, 0.1) is 19.9 Å². The van der Waals surface area contributed by atoms with Gasteiger partial charge in [0, 0.05) is 52.8 Å². The first kappa shape index (κ1) is 70.8. The normalized spacial score (nSPS) is 11.4. The van der Waals surface area contributed by atoms with Gasteiger partial charge in [-0.1, -0.05) is 28.3 Å². The Kier molecular flexibility index (Phi) is 32.7. The third kappa shape index (κ3) is 23.1. The summed E-state index contributed by atoms with van der Waals surface area (Å²) in [6, 6.07) is 11.2. The number of phenolic OH excluding ortho intramolecular Hbond substituents is 2. The van der Waals surface area contributed by atoms with E-state index in [1.807, 2.05) is 0 Å². The number of hydrogen-bond donors (Lipinski definition) is 5. The monoisotopic (exact) mass is 1100 g/mol. The van der Waals surface area contributed by atoms with Crippen LogP contribution < -0.4 is 138 Å². The molecule has 4 aromatic carbocycles. The Morgan fingerprint density at radius 1 is 0.646 bits per heavy atom. The van der Waals surface area contributed by atoms with Crippen molar-refractivity contribution < 1.29 is 225 Å². The number of rotatable bonds is 14. The SMILES string of the molecule is O=S(=O)([O-])O.O=S(=O)([O-])O.[CH2-]CS(=O)(=O)c1cc(O)c(N=Nc2[c-]cc3c(N=Nc4cc(OC)c(S(=O)(=O)C[CH2-])cc4OC)c(NCS(=O)(=O)[O-])ccc3c2O)cc1OC.[Cu].[Na+].[Na+].[Na+].[Na+]. The second-order valence-corrected chi connectivity index (χ2v) is 18.1. The van der Waals surface area contributed by atoms with Gasteiger partial charge in [-0.3, -0.25) is 9.11 Å². The number of fused-ring (bicyclic) bond motifs is 1. The summed E-state index contributed by atoms with van der Waals surface area (Å²) in [6.07, 6.45) is 0. The molecule has 1 radical (unpaired) electrons. The molecule has 0 fully saturated rings. The molecule has 0 heterocycles. The first-order valence-corrected chi connectivity index (χ1v) is 22.9. The van der Waals surface area contributed by atoms with Gasteiger partial charge in [-0.2, -0.15) is 22.4 Å². The maximum Gasteiger partial charge on any atom is 1.00 e. The smallest absolute Gasteiger partial charge is 0.747 e. The van der Waals surface area contributed by atoms with Crippen LogP contribution in [0.4, 0.5) is 28.4 Å². The molecule has 0 amide bonds. The van der Waals surface area contributed by atoms with E-state index in [-0.39, 0.29) is 202 Å². The van der Waals surface area contributed by atoms with Crippen molar-refractivity contribution in [1.29, 1.82) is 0 Å². The number of anilines is 1. The molecule has 65 heavy (non-hydrogen) atoms. The number of nitrogens with one attached hydrogen (secondary N) is 1. The maximum atomic E-state index is 12.6. The van der Waals surface area contributed by atoms with E-state index < -0.39 is 79.5 Å². The van der Waals surface area contributed by atoms with Crippen LogP contribution in [0.3, 0.4) is 0 Å². The van der Waals surface area contributed by atoms with Gasteiger partial charge in [-0.05, 0) is 6.07 Å². The molecular formula is C30H31CuN5Na4O20S5-2. The quantitative estimate of drug-likeness (QED) is 0.0257. The Morgan fingerprint density at radius 2 is 1.08 bits per heavy atom. The van der Waals surface area contributed by atoms with Gasteiger partial charge in [0.05, 0.1) is 32.7 Å². The van der Waals surface area contributed by atoms with Crippen LogP contribution in [0.2, 0.25) is 0 Å². The van der Waals surface area contributed by atoms with Gasteiger partial charge in [-0.25, -0.2) is 42.1 Å². The van der Waals surface area contributed by atoms with Crippen LogP contribution in [0.1, 0.15) is 0 Å². The van der Waals surface area contributed by atoms with Crippen molar-refractivity contribution in [3.8, 4) is 28.7 Å². The second kappa shape index (κ2) is 30.1. The van der Waals surface area contributed by atoms with Crippen molar-refractivity contribution in [1.82, 2.24) is 0 Å². The number of azo groups is 2. The molecule has 0 atom stereocenters. The Hall–Kier alpha value is -0.791. The number of nitrogens with zero attached hydrogens (tertiary/aromatic N) is 4. The maximum absolute atomic E-state index is 12.6. The Bertz CT molecular complexity index is 2830. The first-order chi connectivity index (χ1) is 27.5. The van der Waals surface area contributed by atoms with Crippen molar-refractivity contribution in [3.63, 3.8) is 0 Å². The van der Waals surface area contributed by atoms with Crippen LogP contribution in [0.5, 0.6) is 28.7 Å². The van der Waals surface area contributed by atoms with E-state index in [1.54, 1.807) is 0 Å². The van der Waals surface area contributed by atoms with E-state index in [2.05, 4.69) is 45.7 Å². The molecule has 0 aliphatic heterocycles. The molecule has 0 saturated carbocycles. The number of hydrogen-bond acceptors (Lipinski definition) is 23. The van der Waals surface area contributed by atoms with Gasteiger partial charge in [0.2, 0.25) is 20.8 Å². The summed E-state index contributed by atoms with van der Waals surface area (Å²) in [5.41, 5.74) is -0.524. The van der Waals surface area contributed by atoms with Crippen molar-refractivity contribution in [3.05, 3.63) is 62.4 Å². The molecule has 0 saturated heterocycles. The van der Waals surface area contributed by atoms with E-state index in [9.17, 15) is 40.0 Å². The topological polar surface area (TPSA) is 410 Å². The average Bonchev–Trinajstić information content (AvgIpc) is 3.14. The van der Waals surface area contributed by atoms with E-state index >= 15 is 0 Å². The fraction of sp³-hybridized carbons (Fsp3) is 0.200. The van der Waals surface area contributed by atoms with Crippen molar-refractivity contribution in [2.45, 2.75) is 9.79 Å². The molecule has 0 bridgehead atoms. The molecule has 0 aliphatic rings. The second-order valence-electron chi connectivity index (χ2n) is 10.8. The van der Waals surface area contributed by atoms with Gasteiger partial charge in [0.15, 0.2) is 19.7 Å². The largest absolute Gasteiger partial charge is 1.00 e. The molecule has 35 heteroatoms. The minimum absolute atomic E-state index is 0. The molecule has 0 unspecified atom stereocenters. The van der Waals surface area contributed by atoms with Crippen LogP contribution >= 0.6 is 0 Å². The average molecular weight is 1100 g/mol. The minimum Gasteiger partial charge on any atom is -0.747 e. The van der Waals surface area contributed by atoms with Gasteiger partial charge in [-0.15, -0.1) is 10.2 Å². The van der Waals surface area contributed by atoms with Crippen molar-refractivity contribution in [2.24, 2.45) is 20.5 Å². The van der Waals surface area contributed by atoms with E-state index in [0.717, 1.165) is 12.1 Å². The predicted octanol–water partition coefficient (Wildman–Crippen LogP) is -8.94. The number of phenols is 2. The molecule has 4 aromatic rings. The number of sulfone groups is 2. The van der Waals surface area contributed by atoms with Crippen LogP contribution in [0.25, 0.3) is 10.8 Å². The van der Waals surface area contributed by atoms with E-state index in [4.69, 9.17) is 49.3 Å². The van der Waals surface area contributed by atoms with Gasteiger partial charge in [0.25, 0.3) is 0 Å². The summed E-state index contributed by atoms with van der Waals surface area (Å²) in [4.78, 5) is -0.510. The summed E-state index contributed by atoms with van der Waals surface area (Å²) in [5, 5.41) is 40.5. The molecule has 343 valence electrons.